The lowest BCUT2D eigenvalue weighted by Crippen LogP contribution is -2.44. The highest BCUT2D eigenvalue weighted by Gasteiger charge is 2.48. The number of nitrogens with zero attached hydrogens (tertiary/aromatic N) is 2. The Hall–Kier alpha value is -3.19. The van der Waals surface area contributed by atoms with Crippen molar-refractivity contribution in [3.8, 4) is 0 Å². The molecule has 0 radical (unpaired) electrons. The van der Waals surface area contributed by atoms with Gasteiger partial charge in [0.15, 0.2) is 0 Å². The third-order valence-electron chi connectivity index (χ3n) is 8.07. The molecule has 49 heavy (non-hydrogen) atoms. The van der Waals surface area contributed by atoms with Crippen molar-refractivity contribution in [1.82, 2.24) is 9.13 Å². The normalized spacial score (nSPS) is 18.9. The number of carbonyl (C=O) groups is 1. The maximum Gasteiger partial charge on any atom is 0.335 e. The summed E-state index contributed by atoms with van der Waals surface area (Å²) < 4.78 is 32.0. The lowest BCUT2D eigenvalue weighted by atomic mass is 9.95. The molecule has 0 amide bonds. The Labute approximate surface area is 302 Å². The molecule has 0 bridgehead atoms. The smallest absolute Gasteiger partial charge is 0.335 e. The van der Waals surface area contributed by atoms with Crippen LogP contribution in [0.1, 0.15) is 34.9 Å². The van der Waals surface area contributed by atoms with Crippen molar-refractivity contribution >= 4 is 52.4 Å². The average molecular weight is 752 g/mol. The molecule has 10 nitrogen and oxygen atoms in total. The van der Waals surface area contributed by atoms with E-state index in [1.54, 1.807) is 43.3 Å². The Kier molecular flexibility index (Phi) is 13.0. The van der Waals surface area contributed by atoms with E-state index < -0.39 is 41.6 Å². The predicted molar refractivity (Wildman–Crippen MR) is 186 cm³/mol. The minimum absolute atomic E-state index is 0.000295. The quantitative estimate of drug-likeness (QED) is 0.127. The monoisotopic (exact) mass is 750 g/mol. The van der Waals surface area contributed by atoms with Gasteiger partial charge in [0.05, 0.1) is 46.1 Å². The van der Waals surface area contributed by atoms with Crippen molar-refractivity contribution in [2.75, 3.05) is 13.7 Å². The molecule has 0 aliphatic carbocycles. The zero-order valence-electron chi connectivity index (χ0n) is 26.7. The van der Waals surface area contributed by atoms with Crippen molar-refractivity contribution in [3.05, 3.63) is 136 Å². The molecule has 3 aromatic carbocycles. The molecule has 4 atom stereocenters. The number of aromatic nitrogens is 2. The van der Waals surface area contributed by atoms with Gasteiger partial charge in [0.1, 0.15) is 19.1 Å². The first-order valence-electron chi connectivity index (χ1n) is 15.3. The van der Waals surface area contributed by atoms with Crippen LogP contribution in [-0.2, 0) is 55.0 Å². The van der Waals surface area contributed by atoms with Gasteiger partial charge in [-0.3, -0.25) is 14.2 Å². The minimum atomic E-state index is -1.05. The van der Waals surface area contributed by atoms with Gasteiger partial charge in [-0.05, 0) is 47.9 Å². The van der Waals surface area contributed by atoms with Crippen LogP contribution in [-0.4, -0.2) is 41.0 Å². The number of halogens is 4. The maximum atomic E-state index is 13.9. The molecule has 1 fully saturated rings. The van der Waals surface area contributed by atoms with Crippen LogP contribution in [0.5, 0.6) is 0 Å². The first-order chi connectivity index (χ1) is 23.5. The molecule has 5 rings (SSSR count). The number of rotatable bonds is 14. The van der Waals surface area contributed by atoms with Gasteiger partial charge in [-0.25, -0.2) is 9.36 Å². The van der Waals surface area contributed by atoms with Gasteiger partial charge in [-0.2, -0.15) is 0 Å². The highest BCUT2D eigenvalue weighted by atomic mass is 35.5. The number of aryl methyl sites for hydroxylation is 1. The molecule has 2 heterocycles. The largest absolute Gasteiger partial charge is 0.469 e. The zero-order chi connectivity index (χ0) is 35.1. The number of methoxy groups -OCH3 is 1. The van der Waals surface area contributed by atoms with Crippen molar-refractivity contribution in [2.24, 2.45) is 5.92 Å². The summed E-state index contributed by atoms with van der Waals surface area (Å²) in [5.41, 5.74) is 1.30. The third kappa shape index (κ3) is 9.33. The Morgan fingerprint density at radius 2 is 1.51 bits per heavy atom. The van der Waals surface area contributed by atoms with E-state index in [9.17, 15) is 14.4 Å². The van der Waals surface area contributed by atoms with E-state index in [2.05, 4.69) is 0 Å². The van der Waals surface area contributed by atoms with E-state index in [1.807, 2.05) is 30.3 Å². The fourth-order valence-electron chi connectivity index (χ4n) is 5.56. The summed E-state index contributed by atoms with van der Waals surface area (Å²) in [7, 11) is 1.27. The van der Waals surface area contributed by atoms with Crippen molar-refractivity contribution in [2.45, 2.75) is 58.3 Å². The SMILES string of the molecule is COC(=O)C[C@@H]1[C@H](OCc2ccc(Cl)cc2Cl)[C@@H](COCc2ccc(Cl)cc2Cl)O[C@H]1n1cc(C)c(=O)n(COCc2ccccc2)c1=O. The summed E-state index contributed by atoms with van der Waals surface area (Å²) in [5.74, 6) is -1.30. The van der Waals surface area contributed by atoms with Crippen LogP contribution >= 0.6 is 46.4 Å². The lowest BCUT2D eigenvalue weighted by molar-refractivity contribution is -0.144. The summed E-state index contributed by atoms with van der Waals surface area (Å²) in [4.78, 5) is 39.9. The highest BCUT2D eigenvalue weighted by molar-refractivity contribution is 6.35. The Morgan fingerprint density at radius 1 is 0.857 bits per heavy atom. The number of hydrogen-bond acceptors (Lipinski definition) is 8. The lowest BCUT2D eigenvalue weighted by Gasteiger charge is -2.25. The van der Waals surface area contributed by atoms with Crippen molar-refractivity contribution in [3.63, 3.8) is 0 Å². The Bertz CT molecular complexity index is 1880. The average Bonchev–Trinajstić information content (AvgIpc) is 3.41. The summed E-state index contributed by atoms with van der Waals surface area (Å²) in [6.45, 7) is 1.63. The van der Waals surface area contributed by atoms with Gasteiger partial charge in [0, 0.05) is 37.8 Å². The molecular weight excluding hydrogens is 718 g/mol. The van der Waals surface area contributed by atoms with Crippen LogP contribution in [0.3, 0.4) is 0 Å². The van der Waals surface area contributed by atoms with E-state index in [1.165, 1.54) is 17.9 Å². The zero-order valence-corrected chi connectivity index (χ0v) is 29.7. The van der Waals surface area contributed by atoms with Crippen LogP contribution in [0.4, 0.5) is 0 Å². The first kappa shape index (κ1) is 37.1. The van der Waals surface area contributed by atoms with Gasteiger partial charge >= 0.3 is 11.7 Å². The molecule has 0 unspecified atom stereocenters. The summed E-state index contributed by atoms with van der Waals surface area (Å²) >= 11 is 24.9. The molecule has 4 aromatic rings. The molecule has 14 heteroatoms. The number of benzene rings is 3. The van der Waals surface area contributed by atoms with Gasteiger partial charge in [0.2, 0.25) is 0 Å². The Balaban J connectivity index is 1.46. The van der Waals surface area contributed by atoms with Crippen molar-refractivity contribution < 1.29 is 28.5 Å². The fourth-order valence-corrected chi connectivity index (χ4v) is 6.48. The summed E-state index contributed by atoms with van der Waals surface area (Å²) in [5, 5.41) is 1.78. The van der Waals surface area contributed by atoms with Gasteiger partial charge in [0.25, 0.3) is 5.56 Å². The number of carbonyl (C=O) groups excluding carboxylic acids is 1. The molecule has 0 saturated carbocycles. The molecule has 0 spiro atoms. The fraction of sp³-hybridized carbons (Fsp3) is 0.343. The van der Waals surface area contributed by atoms with Gasteiger partial charge in [-0.1, -0.05) is 88.9 Å². The third-order valence-corrected chi connectivity index (χ3v) is 9.25. The van der Waals surface area contributed by atoms with Crippen LogP contribution in [0, 0.1) is 12.8 Å². The van der Waals surface area contributed by atoms with E-state index in [-0.39, 0.29) is 45.1 Å². The van der Waals surface area contributed by atoms with Crippen LogP contribution in [0.2, 0.25) is 20.1 Å². The molecular formula is C35H34Cl4N2O8. The summed E-state index contributed by atoms with van der Waals surface area (Å²) in [6.07, 6.45) is -1.38. The van der Waals surface area contributed by atoms with Crippen molar-refractivity contribution in [1.29, 1.82) is 0 Å². The second-order valence-corrected chi connectivity index (χ2v) is 13.2. The first-order valence-corrected chi connectivity index (χ1v) is 16.8. The second kappa shape index (κ2) is 17.2. The summed E-state index contributed by atoms with van der Waals surface area (Å²) in [6, 6.07) is 19.5. The number of esters is 1. The standard InChI is InChI=1S/C35H34Cl4N2O8/c1-21-15-40(35(44)41(33(21)43)20-47-16-22-6-4-3-5-7-22)34-27(14-31(42)45-2)32(48-18-24-9-11-26(37)13-29(24)39)30(49-34)19-46-17-23-8-10-25(36)12-28(23)38/h3-13,15,27,30,32,34H,14,16-20H2,1-2H3/t27-,30-,32+,34-/m1/s1. The highest BCUT2D eigenvalue weighted by Crippen LogP contribution is 2.40. The maximum absolute atomic E-state index is 13.9. The second-order valence-electron chi connectivity index (χ2n) is 11.5. The van der Waals surface area contributed by atoms with Gasteiger partial charge < -0.3 is 23.7 Å². The van der Waals surface area contributed by atoms with E-state index in [4.69, 9.17) is 70.1 Å². The van der Waals surface area contributed by atoms with E-state index in [0.29, 0.717) is 31.2 Å². The number of hydrogen-bond donors (Lipinski definition) is 0. The molecule has 1 aliphatic rings. The van der Waals surface area contributed by atoms with Crippen LogP contribution in [0.25, 0.3) is 0 Å². The molecule has 1 saturated heterocycles. The number of ether oxygens (including phenoxy) is 5. The van der Waals surface area contributed by atoms with Crippen LogP contribution < -0.4 is 11.2 Å². The predicted octanol–water partition coefficient (Wildman–Crippen LogP) is 6.99. The van der Waals surface area contributed by atoms with Gasteiger partial charge in [-0.15, -0.1) is 0 Å². The minimum Gasteiger partial charge on any atom is -0.469 e. The van der Waals surface area contributed by atoms with E-state index in [0.717, 1.165) is 10.1 Å². The molecule has 1 aromatic heterocycles. The molecule has 260 valence electrons. The Morgan fingerprint density at radius 3 is 2.14 bits per heavy atom. The van der Waals surface area contributed by atoms with Crippen LogP contribution in [0.15, 0.2) is 82.5 Å². The topological polar surface area (TPSA) is 107 Å². The molecule has 1 aliphatic heterocycles. The molecule has 0 N–H and O–H groups in total. The van der Waals surface area contributed by atoms with E-state index >= 15 is 0 Å².